The summed E-state index contributed by atoms with van der Waals surface area (Å²) in [6.45, 7) is 0.725. The molecule has 0 saturated carbocycles. The van der Waals surface area contributed by atoms with E-state index in [-0.39, 0.29) is 6.54 Å². The van der Waals surface area contributed by atoms with E-state index in [0.717, 1.165) is 0 Å². The molecular formula is C9H12BrF4N3. The Balaban J connectivity index is 2.57. The van der Waals surface area contributed by atoms with Gasteiger partial charge in [0, 0.05) is 13.6 Å². The second-order valence-electron chi connectivity index (χ2n) is 3.63. The number of nitrogens with zero attached hydrogens (tertiary/aromatic N) is 2. The van der Waals surface area contributed by atoms with Crippen LogP contribution in [0.4, 0.5) is 17.6 Å². The van der Waals surface area contributed by atoms with Crippen molar-refractivity contribution in [3.05, 3.63) is 15.9 Å². The van der Waals surface area contributed by atoms with Crippen molar-refractivity contribution in [2.45, 2.75) is 25.8 Å². The molecule has 0 aliphatic carbocycles. The zero-order valence-electron chi connectivity index (χ0n) is 9.28. The van der Waals surface area contributed by atoms with E-state index in [4.69, 9.17) is 0 Å². The van der Waals surface area contributed by atoms with Gasteiger partial charge in [-0.15, -0.1) is 0 Å². The summed E-state index contributed by atoms with van der Waals surface area (Å²) in [6.07, 6.45) is -3.66. The molecule has 0 fully saturated rings. The van der Waals surface area contributed by atoms with E-state index < -0.39 is 18.9 Å². The van der Waals surface area contributed by atoms with Crippen LogP contribution in [-0.4, -0.2) is 28.7 Å². The molecule has 1 rings (SSSR count). The van der Waals surface area contributed by atoms with E-state index in [1.807, 2.05) is 0 Å². The van der Waals surface area contributed by atoms with E-state index in [1.165, 1.54) is 4.68 Å². The Bertz CT molecular complexity index is 392. The zero-order valence-corrected chi connectivity index (χ0v) is 10.9. The molecule has 0 amide bonds. The third kappa shape index (κ3) is 3.41. The minimum Gasteiger partial charge on any atom is -0.305 e. The Kier molecular flexibility index (Phi) is 4.54. The van der Waals surface area contributed by atoms with Crippen LogP contribution in [0.25, 0.3) is 0 Å². The number of aromatic nitrogens is 2. The minimum atomic E-state index is -4.01. The van der Waals surface area contributed by atoms with Crippen molar-refractivity contribution in [2.24, 2.45) is 7.05 Å². The molecule has 1 N–H and O–H groups in total. The Morgan fingerprint density at radius 3 is 2.47 bits per heavy atom. The summed E-state index contributed by atoms with van der Waals surface area (Å²) in [6, 6.07) is 0. The summed E-state index contributed by atoms with van der Waals surface area (Å²) in [5.41, 5.74) is 1.34. The summed E-state index contributed by atoms with van der Waals surface area (Å²) < 4.78 is 51.2. The van der Waals surface area contributed by atoms with Crippen LogP contribution in [-0.2, 0) is 13.6 Å². The molecule has 1 heterocycles. The summed E-state index contributed by atoms with van der Waals surface area (Å²) in [7, 11) is 1.65. The van der Waals surface area contributed by atoms with Crippen molar-refractivity contribution in [2.75, 3.05) is 6.54 Å². The SMILES string of the molecule is Cc1nn(C)c(CNCC(F)(F)C(F)F)c1Br. The lowest BCUT2D eigenvalue weighted by atomic mass is 10.3. The van der Waals surface area contributed by atoms with Gasteiger partial charge in [-0.3, -0.25) is 4.68 Å². The second-order valence-corrected chi connectivity index (χ2v) is 4.43. The van der Waals surface area contributed by atoms with Crippen molar-refractivity contribution in [3.63, 3.8) is 0 Å². The molecule has 1 aromatic rings. The summed E-state index contributed by atoms with van der Waals surface area (Å²) in [4.78, 5) is 0. The topological polar surface area (TPSA) is 29.9 Å². The molecular weight excluding hydrogens is 306 g/mol. The van der Waals surface area contributed by atoms with Crippen LogP contribution in [0.3, 0.4) is 0 Å². The van der Waals surface area contributed by atoms with Gasteiger partial charge < -0.3 is 5.32 Å². The summed E-state index contributed by atoms with van der Waals surface area (Å²) >= 11 is 3.25. The highest BCUT2D eigenvalue weighted by Gasteiger charge is 2.40. The van der Waals surface area contributed by atoms with E-state index in [9.17, 15) is 17.6 Å². The maximum Gasteiger partial charge on any atom is 0.319 e. The lowest BCUT2D eigenvalue weighted by Gasteiger charge is -2.15. The van der Waals surface area contributed by atoms with Gasteiger partial charge >= 0.3 is 12.3 Å². The molecule has 1 aromatic heterocycles. The number of hydrogen-bond donors (Lipinski definition) is 1. The van der Waals surface area contributed by atoms with Crippen LogP contribution >= 0.6 is 15.9 Å². The first-order valence-corrected chi connectivity index (χ1v) is 5.59. The minimum absolute atomic E-state index is 0.0419. The fourth-order valence-corrected chi connectivity index (χ4v) is 1.77. The molecule has 0 atom stereocenters. The van der Waals surface area contributed by atoms with Gasteiger partial charge in [0.05, 0.1) is 22.4 Å². The third-order valence-corrected chi connectivity index (χ3v) is 3.27. The van der Waals surface area contributed by atoms with Crippen LogP contribution in [0.1, 0.15) is 11.4 Å². The van der Waals surface area contributed by atoms with Gasteiger partial charge in [-0.1, -0.05) is 0 Å². The number of aryl methyl sites for hydroxylation is 2. The Morgan fingerprint density at radius 1 is 1.47 bits per heavy atom. The highest BCUT2D eigenvalue weighted by molar-refractivity contribution is 9.10. The molecule has 98 valence electrons. The van der Waals surface area contributed by atoms with Crippen LogP contribution in [0.5, 0.6) is 0 Å². The van der Waals surface area contributed by atoms with E-state index in [2.05, 4.69) is 26.3 Å². The Morgan fingerprint density at radius 2 is 2.06 bits per heavy atom. The third-order valence-electron chi connectivity index (χ3n) is 2.23. The number of nitrogens with one attached hydrogen (secondary N) is 1. The first-order valence-electron chi connectivity index (χ1n) is 4.80. The van der Waals surface area contributed by atoms with Crippen LogP contribution in [0, 0.1) is 6.92 Å². The lowest BCUT2D eigenvalue weighted by molar-refractivity contribution is -0.125. The monoisotopic (exact) mass is 317 g/mol. The molecule has 8 heteroatoms. The number of hydrogen-bond acceptors (Lipinski definition) is 2. The molecule has 0 aliphatic heterocycles. The molecule has 0 spiro atoms. The maximum absolute atomic E-state index is 12.6. The van der Waals surface area contributed by atoms with Gasteiger partial charge in [0.25, 0.3) is 0 Å². The van der Waals surface area contributed by atoms with E-state index >= 15 is 0 Å². The largest absolute Gasteiger partial charge is 0.319 e. The van der Waals surface area contributed by atoms with Crippen LogP contribution in [0.15, 0.2) is 4.47 Å². The fourth-order valence-electron chi connectivity index (χ4n) is 1.30. The van der Waals surface area contributed by atoms with E-state index in [0.29, 0.717) is 15.9 Å². The van der Waals surface area contributed by atoms with E-state index in [1.54, 1.807) is 14.0 Å². The average Bonchev–Trinajstić information content (AvgIpc) is 2.44. The molecule has 17 heavy (non-hydrogen) atoms. The van der Waals surface area contributed by atoms with Crippen molar-refractivity contribution in [1.29, 1.82) is 0 Å². The smallest absolute Gasteiger partial charge is 0.305 e. The quantitative estimate of drug-likeness (QED) is 0.846. The van der Waals surface area contributed by atoms with Crippen LogP contribution in [0.2, 0.25) is 0 Å². The van der Waals surface area contributed by atoms with Gasteiger partial charge in [0.15, 0.2) is 0 Å². The average molecular weight is 318 g/mol. The van der Waals surface area contributed by atoms with Gasteiger partial charge in [0.2, 0.25) is 0 Å². The molecule has 0 saturated heterocycles. The highest BCUT2D eigenvalue weighted by Crippen LogP contribution is 2.23. The van der Waals surface area contributed by atoms with Gasteiger partial charge in [-0.2, -0.15) is 13.9 Å². The Labute approximate surface area is 104 Å². The molecule has 0 unspecified atom stereocenters. The fraction of sp³-hybridized carbons (Fsp3) is 0.667. The number of alkyl halides is 4. The van der Waals surface area contributed by atoms with Crippen molar-refractivity contribution >= 4 is 15.9 Å². The predicted molar refractivity (Wildman–Crippen MR) is 58.3 cm³/mol. The van der Waals surface area contributed by atoms with Gasteiger partial charge in [-0.25, -0.2) is 8.78 Å². The lowest BCUT2D eigenvalue weighted by Crippen LogP contribution is -2.38. The zero-order chi connectivity index (χ0) is 13.2. The molecule has 0 radical (unpaired) electrons. The second kappa shape index (κ2) is 5.34. The Hall–Kier alpha value is -0.630. The van der Waals surface area contributed by atoms with Gasteiger partial charge in [0.1, 0.15) is 0 Å². The predicted octanol–water partition coefficient (Wildman–Crippen LogP) is 2.48. The molecule has 3 nitrogen and oxygen atoms in total. The molecule has 0 aliphatic rings. The molecule has 0 aromatic carbocycles. The molecule has 0 bridgehead atoms. The summed E-state index contributed by atoms with van der Waals surface area (Å²) in [5, 5.41) is 6.35. The van der Waals surface area contributed by atoms with Crippen molar-refractivity contribution < 1.29 is 17.6 Å². The van der Waals surface area contributed by atoms with Crippen molar-refractivity contribution in [3.8, 4) is 0 Å². The van der Waals surface area contributed by atoms with Crippen molar-refractivity contribution in [1.82, 2.24) is 15.1 Å². The van der Waals surface area contributed by atoms with Gasteiger partial charge in [-0.05, 0) is 22.9 Å². The van der Waals surface area contributed by atoms with Crippen LogP contribution < -0.4 is 5.32 Å². The summed E-state index contributed by atoms with van der Waals surface area (Å²) in [5.74, 6) is -4.01. The highest BCUT2D eigenvalue weighted by atomic mass is 79.9. The normalized spacial score (nSPS) is 12.5. The first kappa shape index (κ1) is 14.4. The standard InChI is InChI=1S/C9H12BrF4N3/c1-5-7(10)6(17(2)16-5)3-15-4-9(13,14)8(11)12/h8,15H,3-4H2,1-2H3. The maximum atomic E-state index is 12.6. The number of halogens is 5. The number of rotatable bonds is 5. The first-order chi connectivity index (χ1) is 7.75.